The zero-order valence-corrected chi connectivity index (χ0v) is 15.2. The van der Waals surface area contributed by atoms with E-state index in [-0.39, 0.29) is 30.7 Å². The minimum absolute atomic E-state index is 0. The molecule has 132 valence electrons. The van der Waals surface area contributed by atoms with Crippen LogP contribution in [0.2, 0.25) is 0 Å². The molecule has 1 aromatic rings. The molecule has 3 heterocycles. The first-order valence-corrected chi connectivity index (χ1v) is 8.40. The molecule has 0 aromatic carbocycles. The number of unbranched alkanes of at least 4 members (excludes halogenated alkanes) is 1. The molecule has 0 aliphatic carbocycles. The molecule has 0 amide bonds. The average molecular weight is 364 g/mol. The smallest absolute Gasteiger partial charge is 0.129 e. The van der Waals surface area contributed by atoms with Gasteiger partial charge in [0.2, 0.25) is 0 Å². The number of aromatic nitrogens is 1. The van der Waals surface area contributed by atoms with Crippen molar-refractivity contribution in [2.24, 2.45) is 5.92 Å². The highest BCUT2D eigenvalue weighted by Gasteiger charge is 2.23. The molecule has 1 fully saturated rings. The summed E-state index contributed by atoms with van der Waals surface area (Å²) in [6.07, 6.45) is 6.37. The zero-order valence-electron chi connectivity index (χ0n) is 13.5. The van der Waals surface area contributed by atoms with Crippen molar-refractivity contribution in [3.05, 3.63) is 23.4 Å². The molecular formula is C17H28Cl2FN3. The van der Waals surface area contributed by atoms with Crippen LogP contribution in [-0.2, 0) is 12.8 Å². The van der Waals surface area contributed by atoms with E-state index in [1.54, 1.807) is 0 Å². The van der Waals surface area contributed by atoms with Gasteiger partial charge in [0.15, 0.2) is 0 Å². The Bertz CT molecular complexity index is 467. The maximum atomic E-state index is 14.0. The van der Waals surface area contributed by atoms with Crippen LogP contribution < -0.4 is 10.6 Å². The summed E-state index contributed by atoms with van der Waals surface area (Å²) in [5.74, 6) is 1.32. The van der Waals surface area contributed by atoms with Crippen LogP contribution in [0.1, 0.15) is 43.4 Å². The van der Waals surface area contributed by atoms with Crippen molar-refractivity contribution >= 4 is 30.6 Å². The molecule has 1 saturated heterocycles. The molecule has 6 heteroatoms. The number of aryl methyl sites for hydroxylation is 2. The van der Waals surface area contributed by atoms with Gasteiger partial charge >= 0.3 is 0 Å². The molecular weight excluding hydrogens is 336 g/mol. The Morgan fingerprint density at radius 2 is 2.09 bits per heavy atom. The fourth-order valence-corrected chi connectivity index (χ4v) is 3.37. The molecule has 2 aliphatic rings. The van der Waals surface area contributed by atoms with E-state index in [4.69, 9.17) is 4.98 Å². The van der Waals surface area contributed by atoms with Gasteiger partial charge in [-0.25, -0.2) is 9.37 Å². The summed E-state index contributed by atoms with van der Waals surface area (Å²) < 4.78 is 14.0. The van der Waals surface area contributed by atoms with Crippen molar-refractivity contribution in [2.45, 2.75) is 51.1 Å². The molecule has 1 unspecified atom stereocenters. The quantitative estimate of drug-likeness (QED) is 0.751. The zero-order chi connectivity index (χ0) is 14.5. The van der Waals surface area contributed by atoms with Crippen LogP contribution in [0.4, 0.5) is 10.2 Å². The lowest BCUT2D eigenvalue weighted by molar-refractivity contribution is 0.221. The Morgan fingerprint density at radius 3 is 2.87 bits per heavy atom. The molecule has 0 radical (unpaired) electrons. The van der Waals surface area contributed by atoms with Crippen molar-refractivity contribution in [1.82, 2.24) is 10.3 Å². The van der Waals surface area contributed by atoms with Crippen LogP contribution in [-0.4, -0.2) is 30.8 Å². The van der Waals surface area contributed by atoms with Crippen molar-refractivity contribution < 1.29 is 4.39 Å². The SMILES string of the molecule is Cl.Cl.FC(CCCCc1ccc2c(n1)NCCC2)[C@@H]1CCNC1. The van der Waals surface area contributed by atoms with Crippen molar-refractivity contribution in [2.75, 3.05) is 25.0 Å². The lowest BCUT2D eigenvalue weighted by Crippen LogP contribution is -2.19. The van der Waals surface area contributed by atoms with Crippen molar-refractivity contribution in [1.29, 1.82) is 0 Å². The third kappa shape index (κ3) is 5.77. The second-order valence-corrected chi connectivity index (χ2v) is 6.36. The molecule has 23 heavy (non-hydrogen) atoms. The maximum Gasteiger partial charge on any atom is 0.129 e. The molecule has 2 N–H and O–H groups in total. The van der Waals surface area contributed by atoms with E-state index in [1.165, 1.54) is 12.0 Å². The van der Waals surface area contributed by atoms with Crippen LogP contribution in [0.5, 0.6) is 0 Å². The summed E-state index contributed by atoms with van der Waals surface area (Å²) in [5.41, 5.74) is 2.48. The van der Waals surface area contributed by atoms with Gasteiger partial charge in [0.05, 0.1) is 0 Å². The standard InChI is InChI=1S/C17H26FN3.2ClH/c18-16(14-9-11-19-12-14)6-2-1-5-15-8-7-13-4-3-10-20-17(13)21-15;;/h7-8,14,16,19H,1-6,9-12H2,(H,20,21);2*1H/t14-,16?;;/m1../s1. The summed E-state index contributed by atoms with van der Waals surface area (Å²) in [7, 11) is 0. The predicted octanol–water partition coefficient (Wildman–Crippen LogP) is 3.94. The summed E-state index contributed by atoms with van der Waals surface area (Å²) in [4.78, 5) is 4.69. The van der Waals surface area contributed by atoms with E-state index in [0.717, 1.165) is 63.3 Å². The molecule has 3 nitrogen and oxygen atoms in total. The van der Waals surface area contributed by atoms with Crippen LogP contribution in [0.3, 0.4) is 0 Å². The Kier molecular flexibility index (Phi) is 9.18. The minimum atomic E-state index is -0.627. The number of hydrogen-bond acceptors (Lipinski definition) is 3. The number of pyridine rings is 1. The summed E-state index contributed by atoms with van der Waals surface area (Å²) in [5, 5.41) is 6.61. The minimum Gasteiger partial charge on any atom is -0.370 e. The fraction of sp³-hybridized carbons (Fsp3) is 0.706. The normalized spacial score (nSPS) is 20.7. The highest BCUT2D eigenvalue weighted by molar-refractivity contribution is 5.85. The van der Waals surface area contributed by atoms with Gasteiger partial charge in [-0.2, -0.15) is 0 Å². The molecule has 0 bridgehead atoms. The number of anilines is 1. The Morgan fingerprint density at radius 1 is 1.22 bits per heavy atom. The van der Waals surface area contributed by atoms with Crippen molar-refractivity contribution in [3.8, 4) is 0 Å². The van der Waals surface area contributed by atoms with Crippen LogP contribution in [0.15, 0.2) is 12.1 Å². The van der Waals surface area contributed by atoms with Crippen LogP contribution >= 0.6 is 24.8 Å². The number of halogens is 3. The third-order valence-corrected chi connectivity index (χ3v) is 4.72. The lowest BCUT2D eigenvalue weighted by Gasteiger charge is -2.17. The average Bonchev–Trinajstić information content (AvgIpc) is 3.06. The van der Waals surface area contributed by atoms with Gasteiger partial charge in [-0.3, -0.25) is 0 Å². The molecule has 2 atom stereocenters. The van der Waals surface area contributed by atoms with Gasteiger partial charge in [0.1, 0.15) is 12.0 Å². The van der Waals surface area contributed by atoms with E-state index in [1.807, 2.05) is 0 Å². The first-order valence-electron chi connectivity index (χ1n) is 8.40. The van der Waals surface area contributed by atoms with Gasteiger partial charge in [-0.05, 0) is 56.7 Å². The Labute approximate surface area is 151 Å². The van der Waals surface area contributed by atoms with E-state index in [2.05, 4.69) is 22.8 Å². The van der Waals surface area contributed by atoms with Gasteiger partial charge < -0.3 is 10.6 Å². The van der Waals surface area contributed by atoms with Gasteiger partial charge in [0.25, 0.3) is 0 Å². The summed E-state index contributed by atoms with van der Waals surface area (Å²) in [6, 6.07) is 4.34. The van der Waals surface area contributed by atoms with Gasteiger partial charge in [-0.15, -0.1) is 24.8 Å². The predicted molar refractivity (Wildman–Crippen MR) is 99.0 cm³/mol. The van der Waals surface area contributed by atoms with E-state index in [0.29, 0.717) is 6.42 Å². The second kappa shape index (κ2) is 10.3. The number of nitrogens with one attached hydrogen (secondary N) is 2. The van der Waals surface area contributed by atoms with Gasteiger partial charge in [-0.1, -0.05) is 12.5 Å². The number of rotatable bonds is 6. The largest absolute Gasteiger partial charge is 0.370 e. The van der Waals surface area contributed by atoms with Crippen molar-refractivity contribution in [3.63, 3.8) is 0 Å². The Balaban J connectivity index is 0.00000132. The highest BCUT2D eigenvalue weighted by Crippen LogP contribution is 2.22. The number of nitrogens with zero attached hydrogens (tertiary/aromatic N) is 1. The third-order valence-electron chi connectivity index (χ3n) is 4.72. The van der Waals surface area contributed by atoms with E-state index < -0.39 is 6.17 Å². The van der Waals surface area contributed by atoms with Crippen LogP contribution in [0.25, 0.3) is 0 Å². The molecule has 3 rings (SSSR count). The number of hydrogen-bond donors (Lipinski definition) is 2. The van der Waals surface area contributed by atoms with Gasteiger partial charge in [0, 0.05) is 24.7 Å². The van der Waals surface area contributed by atoms with E-state index in [9.17, 15) is 4.39 Å². The molecule has 0 spiro atoms. The van der Waals surface area contributed by atoms with Crippen LogP contribution in [0, 0.1) is 5.92 Å². The Hall–Kier alpha value is -0.580. The first-order chi connectivity index (χ1) is 10.3. The van der Waals surface area contributed by atoms with E-state index >= 15 is 0 Å². The number of fused-ring (bicyclic) bond motifs is 1. The fourth-order valence-electron chi connectivity index (χ4n) is 3.37. The summed E-state index contributed by atoms with van der Waals surface area (Å²) in [6.45, 7) is 2.87. The second-order valence-electron chi connectivity index (χ2n) is 6.36. The summed E-state index contributed by atoms with van der Waals surface area (Å²) >= 11 is 0. The monoisotopic (exact) mass is 363 g/mol. The molecule has 1 aromatic heterocycles. The maximum absolute atomic E-state index is 14.0. The molecule has 0 saturated carbocycles. The topological polar surface area (TPSA) is 37.0 Å². The number of alkyl halides is 1. The lowest BCUT2D eigenvalue weighted by atomic mass is 9.97. The first kappa shape index (κ1) is 20.5. The molecule has 2 aliphatic heterocycles. The highest BCUT2D eigenvalue weighted by atomic mass is 35.5.